The Hall–Kier alpha value is -3.70. The molecule has 5 aromatic rings. The van der Waals surface area contributed by atoms with Gasteiger partial charge in [0.05, 0.1) is 12.1 Å². The van der Waals surface area contributed by atoms with E-state index in [1.807, 2.05) is 70.6 Å². The fourth-order valence-corrected chi connectivity index (χ4v) is 4.51. The van der Waals surface area contributed by atoms with Crippen molar-refractivity contribution >= 4 is 27.9 Å². The highest BCUT2D eigenvalue weighted by molar-refractivity contribution is 7.15. The number of benzene rings is 3. The Morgan fingerprint density at radius 3 is 2.48 bits per heavy atom. The summed E-state index contributed by atoms with van der Waals surface area (Å²) in [7, 11) is 0. The summed E-state index contributed by atoms with van der Waals surface area (Å²) < 4.78 is 2.02. The van der Waals surface area contributed by atoms with E-state index in [1.165, 1.54) is 5.56 Å². The summed E-state index contributed by atoms with van der Waals surface area (Å²) in [5, 5.41) is 5.09. The third-order valence-corrected chi connectivity index (χ3v) is 6.15. The number of aryl methyl sites for hydroxylation is 1. The molecule has 0 aliphatic rings. The van der Waals surface area contributed by atoms with Gasteiger partial charge in [-0.15, -0.1) is 11.3 Å². The molecule has 0 spiro atoms. The molecule has 0 saturated carbocycles. The van der Waals surface area contributed by atoms with Crippen molar-refractivity contribution in [2.75, 3.05) is 5.32 Å². The molecule has 0 atom stereocenters. The molecule has 5 heteroatoms. The Morgan fingerprint density at radius 2 is 1.68 bits per heavy atom. The molecule has 5 rings (SSSR count). The van der Waals surface area contributed by atoms with Crippen LogP contribution < -0.4 is 5.32 Å². The summed E-state index contributed by atoms with van der Waals surface area (Å²) in [4.78, 5) is 18.5. The number of aromatic nitrogens is 2. The van der Waals surface area contributed by atoms with Crippen LogP contribution in [0.5, 0.6) is 0 Å². The number of imidazole rings is 1. The van der Waals surface area contributed by atoms with Gasteiger partial charge in [0, 0.05) is 34.1 Å². The topological polar surface area (TPSA) is 46.4 Å². The fourth-order valence-electron chi connectivity index (χ4n) is 3.64. The number of nitrogens with one attached hydrogen (secondary N) is 1. The first kappa shape index (κ1) is 19.3. The summed E-state index contributed by atoms with van der Waals surface area (Å²) in [5.74, 6) is -0.0475. The van der Waals surface area contributed by atoms with Crippen LogP contribution in [0.3, 0.4) is 0 Å². The van der Waals surface area contributed by atoms with E-state index in [9.17, 15) is 4.79 Å². The monoisotopic (exact) mass is 423 g/mol. The first-order valence-corrected chi connectivity index (χ1v) is 11.0. The summed E-state index contributed by atoms with van der Waals surface area (Å²) in [6, 6.07) is 26.3. The minimum absolute atomic E-state index is 0.0475. The van der Waals surface area contributed by atoms with Gasteiger partial charge < -0.3 is 5.32 Å². The largest absolute Gasteiger partial charge is 0.325 e. The van der Waals surface area contributed by atoms with Crippen LogP contribution in [0.4, 0.5) is 5.69 Å². The molecule has 31 heavy (non-hydrogen) atoms. The zero-order valence-corrected chi connectivity index (χ0v) is 17.9. The van der Waals surface area contributed by atoms with Crippen LogP contribution in [-0.2, 0) is 11.2 Å². The van der Waals surface area contributed by atoms with E-state index in [-0.39, 0.29) is 12.3 Å². The maximum atomic E-state index is 12.9. The van der Waals surface area contributed by atoms with E-state index >= 15 is 0 Å². The predicted octanol–water partition coefficient (Wildman–Crippen LogP) is 6.22. The highest BCUT2D eigenvalue weighted by Crippen LogP contribution is 2.28. The van der Waals surface area contributed by atoms with Gasteiger partial charge in [-0.05, 0) is 18.6 Å². The smallest absolute Gasteiger partial charge is 0.230 e. The molecule has 2 aromatic heterocycles. The molecule has 0 unspecified atom stereocenters. The van der Waals surface area contributed by atoms with Crippen LogP contribution in [-0.4, -0.2) is 15.3 Å². The highest BCUT2D eigenvalue weighted by Gasteiger charge is 2.14. The standard InChI is InChI=1S/C26H21N3OS/c1-18-11-13-20(14-12-18)24-16-29-21(17-31-26(29)28-24)15-25(30)27-23-10-6-5-9-22(23)19-7-3-2-4-8-19/h2-14,16-17H,15H2,1H3,(H,27,30). The number of fused-ring (bicyclic) bond motifs is 1. The number of carbonyl (C=O) groups is 1. The third-order valence-electron chi connectivity index (χ3n) is 5.26. The van der Waals surface area contributed by atoms with Gasteiger partial charge in [0.1, 0.15) is 0 Å². The number of rotatable bonds is 5. The maximum absolute atomic E-state index is 12.9. The second-order valence-corrected chi connectivity index (χ2v) is 8.34. The Balaban J connectivity index is 1.37. The van der Waals surface area contributed by atoms with Crippen LogP contribution in [0.15, 0.2) is 90.4 Å². The van der Waals surface area contributed by atoms with Crippen LogP contribution >= 0.6 is 11.3 Å². The van der Waals surface area contributed by atoms with E-state index in [0.717, 1.165) is 38.7 Å². The van der Waals surface area contributed by atoms with Crippen molar-refractivity contribution < 1.29 is 4.79 Å². The Kier molecular flexibility index (Phi) is 5.10. The lowest BCUT2D eigenvalue weighted by atomic mass is 10.0. The van der Waals surface area contributed by atoms with Gasteiger partial charge in [-0.1, -0.05) is 78.4 Å². The van der Waals surface area contributed by atoms with E-state index in [2.05, 4.69) is 36.5 Å². The third kappa shape index (κ3) is 4.00. The van der Waals surface area contributed by atoms with Gasteiger partial charge in [-0.25, -0.2) is 4.98 Å². The minimum atomic E-state index is -0.0475. The molecule has 0 aliphatic carbocycles. The lowest BCUT2D eigenvalue weighted by Gasteiger charge is -2.11. The van der Waals surface area contributed by atoms with Crippen molar-refractivity contribution in [1.29, 1.82) is 0 Å². The van der Waals surface area contributed by atoms with Gasteiger partial charge in [0.2, 0.25) is 5.91 Å². The van der Waals surface area contributed by atoms with Crippen LogP contribution in [0.2, 0.25) is 0 Å². The zero-order valence-electron chi connectivity index (χ0n) is 17.1. The average Bonchev–Trinajstić information content (AvgIpc) is 3.37. The van der Waals surface area contributed by atoms with Crippen molar-refractivity contribution in [1.82, 2.24) is 9.38 Å². The number of anilines is 1. The number of thiazole rings is 1. The highest BCUT2D eigenvalue weighted by atomic mass is 32.1. The van der Waals surface area contributed by atoms with E-state index < -0.39 is 0 Å². The SMILES string of the molecule is Cc1ccc(-c2cn3c(CC(=O)Nc4ccccc4-c4ccccc4)csc3n2)cc1. The maximum Gasteiger partial charge on any atom is 0.230 e. The number of hydrogen-bond acceptors (Lipinski definition) is 3. The van der Waals surface area contributed by atoms with Gasteiger partial charge >= 0.3 is 0 Å². The molecule has 0 aliphatic heterocycles. The second-order valence-electron chi connectivity index (χ2n) is 7.51. The molecule has 0 radical (unpaired) electrons. The minimum Gasteiger partial charge on any atom is -0.325 e. The van der Waals surface area contributed by atoms with E-state index in [0.29, 0.717) is 0 Å². The number of hydrogen-bond donors (Lipinski definition) is 1. The summed E-state index contributed by atoms with van der Waals surface area (Å²) >= 11 is 1.55. The average molecular weight is 424 g/mol. The molecule has 4 nitrogen and oxygen atoms in total. The summed E-state index contributed by atoms with van der Waals surface area (Å²) in [6.07, 6.45) is 2.30. The lowest BCUT2D eigenvalue weighted by Crippen LogP contribution is -2.15. The molecule has 2 heterocycles. The molecule has 1 amide bonds. The van der Waals surface area contributed by atoms with Gasteiger partial charge in [-0.2, -0.15) is 0 Å². The van der Waals surface area contributed by atoms with Crippen LogP contribution in [0.1, 0.15) is 11.3 Å². The van der Waals surface area contributed by atoms with Gasteiger partial charge in [0.25, 0.3) is 0 Å². The van der Waals surface area contributed by atoms with Crippen LogP contribution in [0.25, 0.3) is 27.3 Å². The van der Waals surface area contributed by atoms with E-state index in [4.69, 9.17) is 4.98 Å². The molecule has 0 bridgehead atoms. The van der Waals surface area contributed by atoms with Crippen molar-refractivity contribution in [2.24, 2.45) is 0 Å². The Bertz CT molecular complexity index is 1350. The number of para-hydroxylation sites is 1. The fraction of sp³-hybridized carbons (Fsp3) is 0.0769. The molecule has 152 valence electrons. The molecular weight excluding hydrogens is 402 g/mol. The number of carbonyl (C=O) groups excluding carboxylic acids is 1. The Labute approximate surface area is 184 Å². The predicted molar refractivity (Wildman–Crippen MR) is 127 cm³/mol. The first-order valence-electron chi connectivity index (χ1n) is 10.1. The van der Waals surface area contributed by atoms with Gasteiger partial charge in [-0.3, -0.25) is 9.20 Å². The van der Waals surface area contributed by atoms with E-state index in [1.54, 1.807) is 11.3 Å². The first-order chi connectivity index (χ1) is 15.2. The molecule has 0 fully saturated rings. The van der Waals surface area contributed by atoms with Crippen molar-refractivity contribution in [2.45, 2.75) is 13.3 Å². The lowest BCUT2D eigenvalue weighted by molar-refractivity contribution is -0.115. The molecule has 1 N–H and O–H groups in total. The Morgan fingerprint density at radius 1 is 0.935 bits per heavy atom. The molecule has 0 saturated heterocycles. The quantitative estimate of drug-likeness (QED) is 0.365. The number of nitrogens with zero attached hydrogens (tertiary/aromatic N) is 2. The van der Waals surface area contributed by atoms with Crippen LogP contribution in [0, 0.1) is 6.92 Å². The van der Waals surface area contributed by atoms with Crippen molar-refractivity contribution in [3.63, 3.8) is 0 Å². The normalized spacial score (nSPS) is 11.0. The van der Waals surface area contributed by atoms with Crippen molar-refractivity contribution in [3.05, 3.63) is 102 Å². The second kappa shape index (κ2) is 8.20. The van der Waals surface area contributed by atoms with Gasteiger partial charge in [0.15, 0.2) is 4.96 Å². The molecular formula is C26H21N3OS. The van der Waals surface area contributed by atoms with Crippen molar-refractivity contribution in [3.8, 4) is 22.4 Å². The summed E-state index contributed by atoms with van der Waals surface area (Å²) in [5.41, 5.74) is 7.05. The summed E-state index contributed by atoms with van der Waals surface area (Å²) in [6.45, 7) is 2.07. The zero-order chi connectivity index (χ0) is 21.2. The number of amides is 1. The molecule has 3 aromatic carbocycles.